The van der Waals surface area contributed by atoms with Crippen LogP contribution in [0.25, 0.3) is 0 Å². The normalized spacial score (nSPS) is 11.3. The van der Waals surface area contributed by atoms with Gasteiger partial charge in [0.05, 0.1) is 50.2 Å². The fourth-order valence-electron chi connectivity index (χ4n) is 4.18. The summed E-state index contributed by atoms with van der Waals surface area (Å²) in [5.41, 5.74) is 4.98. The van der Waals surface area contributed by atoms with E-state index in [-0.39, 0.29) is 22.7 Å². The van der Waals surface area contributed by atoms with Crippen LogP contribution in [0.1, 0.15) is 27.0 Å². The first-order valence-electron chi connectivity index (χ1n) is 12.7. The number of ether oxygens (including phenoxy) is 3. The highest BCUT2D eigenvalue weighted by Gasteiger charge is 2.28. The van der Waals surface area contributed by atoms with E-state index < -0.39 is 15.9 Å². The average molecular weight is 608 g/mol. The minimum atomic E-state index is -4.08. The van der Waals surface area contributed by atoms with Crippen LogP contribution in [0, 0.1) is 6.92 Å². The minimum Gasteiger partial charge on any atom is -0.493 e. The number of carbonyl (C=O) groups is 1. The van der Waals surface area contributed by atoms with Crippen molar-refractivity contribution in [3.63, 3.8) is 0 Å². The van der Waals surface area contributed by atoms with Crippen molar-refractivity contribution < 1.29 is 27.4 Å². The lowest BCUT2D eigenvalue weighted by Gasteiger charge is -2.26. The Morgan fingerprint density at radius 3 is 2.12 bits per heavy atom. The Morgan fingerprint density at radius 1 is 0.905 bits per heavy atom. The van der Waals surface area contributed by atoms with Crippen LogP contribution in [0.3, 0.4) is 0 Å². The molecule has 0 aliphatic carbocycles. The van der Waals surface area contributed by atoms with E-state index in [0.29, 0.717) is 33.4 Å². The molecule has 0 spiro atoms. The second-order valence-corrected chi connectivity index (χ2v) is 11.4. The largest absolute Gasteiger partial charge is 0.493 e. The van der Waals surface area contributed by atoms with Gasteiger partial charge in [-0.1, -0.05) is 53.6 Å². The lowest BCUT2D eigenvalue weighted by atomic mass is 10.1. The Kier molecular flexibility index (Phi) is 9.72. The number of hydrogen-bond donors (Lipinski definition) is 1. The summed E-state index contributed by atoms with van der Waals surface area (Å²) in [6.45, 7) is 1.84. The van der Waals surface area contributed by atoms with Crippen molar-refractivity contribution in [2.24, 2.45) is 5.10 Å². The first-order chi connectivity index (χ1) is 20.2. The number of anilines is 1. The zero-order chi connectivity index (χ0) is 30.3. The number of nitrogens with zero attached hydrogens (tertiary/aromatic N) is 2. The van der Waals surface area contributed by atoms with Crippen molar-refractivity contribution in [3.8, 4) is 17.2 Å². The second kappa shape index (κ2) is 13.4. The van der Waals surface area contributed by atoms with Crippen molar-refractivity contribution in [2.75, 3.05) is 25.6 Å². The fourth-order valence-corrected chi connectivity index (χ4v) is 5.78. The van der Waals surface area contributed by atoms with Crippen molar-refractivity contribution >= 4 is 39.4 Å². The molecule has 9 nitrogen and oxygen atoms in total. The number of carbonyl (C=O) groups excluding carboxylic acids is 1. The number of amides is 1. The van der Waals surface area contributed by atoms with E-state index in [1.807, 2.05) is 6.92 Å². The molecule has 0 radical (unpaired) electrons. The van der Waals surface area contributed by atoms with Crippen molar-refractivity contribution in [1.29, 1.82) is 0 Å². The van der Waals surface area contributed by atoms with E-state index in [2.05, 4.69) is 10.5 Å². The Hall–Kier alpha value is -4.54. The van der Waals surface area contributed by atoms with Crippen LogP contribution in [0.15, 0.2) is 94.9 Å². The predicted molar refractivity (Wildman–Crippen MR) is 164 cm³/mol. The van der Waals surface area contributed by atoms with E-state index >= 15 is 0 Å². The third kappa shape index (κ3) is 6.84. The summed E-state index contributed by atoms with van der Waals surface area (Å²) in [5.74, 6) is 0.670. The molecule has 4 aromatic carbocycles. The Morgan fingerprint density at radius 2 is 1.52 bits per heavy atom. The summed E-state index contributed by atoms with van der Waals surface area (Å²) >= 11 is 6.06. The van der Waals surface area contributed by atoms with Gasteiger partial charge in [-0.2, -0.15) is 5.10 Å². The Bertz CT molecular complexity index is 1670. The van der Waals surface area contributed by atoms with E-state index in [4.69, 9.17) is 25.8 Å². The predicted octanol–water partition coefficient (Wildman–Crippen LogP) is 5.83. The maximum absolute atomic E-state index is 14.0. The molecule has 0 aromatic heterocycles. The maximum atomic E-state index is 14.0. The maximum Gasteiger partial charge on any atom is 0.273 e. The highest BCUT2D eigenvalue weighted by molar-refractivity contribution is 7.92. The van der Waals surface area contributed by atoms with Gasteiger partial charge < -0.3 is 14.2 Å². The van der Waals surface area contributed by atoms with Gasteiger partial charge in [-0.3, -0.25) is 9.10 Å². The second-order valence-electron chi connectivity index (χ2n) is 9.13. The van der Waals surface area contributed by atoms with Crippen LogP contribution in [0.2, 0.25) is 5.02 Å². The summed E-state index contributed by atoms with van der Waals surface area (Å²) in [6, 6.07) is 23.2. The van der Waals surface area contributed by atoms with Gasteiger partial charge in [0.25, 0.3) is 15.9 Å². The van der Waals surface area contributed by atoms with Crippen molar-refractivity contribution in [2.45, 2.75) is 18.4 Å². The van der Waals surface area contributed by atoms with Crippen molar-refractivity contribution in [1.82, 2.24) is 5.43 Å². The molecule has 218 valence electrons. The van der Waals surface area contributed by atoms with E-state index in [9.17, 15) is 13.2 Å². The number of aryl methyl sites for hydroxylation is 1. The fraction of sp³-hybridized carbons (Fsp3) is 0.161. The van der Waals surface area contributed by atoms with Gasteiger partial charge >= 0.3 is 0 Å². The smallest absolute Gasteiger partial charge is 0.273 e. The number of halogens is 1. The molecular weight excluding hydrogens is 578 g/mol. The molecule has 0 aliphatic heterocycles. The third-order valence-corrected chi connectivity index (χ3v) is 8.36. The quantitative estimate of drug-likeness (QED) is 0.170. The molecule has 0 aliphatic rings. The lowest BCUT2D eigenvalue weighted by Crippen LogP contribution is -2.33. The minimum absolute atomic E-state index is 0.0353. The molecular formula is C31H30ClN3O6S. The number of rotatable bonds is 11. The molecule has 4 rings (SSSR count). The molecule has 0 atom stereocenters. The molecule has 0 bridgehead atoms. The molecule has 0 fully saturated rings. The monoisotopic (exact) mass is 607 g/mol. The van der Waals surface area contributed by atoms with Gasteiger partial charge in [-0.25, -0.2) is 13.8 Å². The standard InChI is InChI=1S/C31H30ClN3O6S/c1-21-9-15-25(16-10-21)42(37,38)35(20-22-11-13-24(32)14-12-22)27-8-6-5-7-26(27)31(36)34-33-19-23-17-28(39-2)30(41-4)29(18-23)40-3/h5-19H,20H2,1-4H3,(H,34,36)/b33-19-. The molecule has 11 heteroatoms. The van der Waals surface area contributed by atoms with Crippen LogP contribution in [-0.2, 0) is 16.6 Å². The number of hydrogen-bond acceptors (Lipinski definition) is 7. The SMILES string of the molecule is COc1cc(/C=N\NC(=O)c2ccccc2N(Cc2ccc(Cl)cc2)S(=O)(=O)c2ccc(C)cc2)cc(OC)c1OC. The third-order valence-electron chi connectivity index (χ3n) is 6.33. The van der Waals surface area contributed by atoms with E-state index in [0.717, 1.165) is 5.56 Å². The Labute approximate surface area is 250 Å². The summed E-state index contributed by atoms with van der Waals surface area (Å²) in [6.07, 6.45) is 1.42. The average Bonchev–Trinajstić information content (AvgIpc) is 3.00. The van der Waals surface area contributed by atoms with Crippen LogP contribution in [0.4, 0.5) is 5.69 Å². The summed E-state index contributed by atoms with van der Waals surface area (Å²) in [7, 11) is 0.417. The highest BCUT2D eigenvalue weighted by Crippen LogP contribution is 2.37. The number of methoxy groups -OCH3 is 3. The summed E-state index contributed by atoms with van der Waals surface area (Å²) in [5, 5.41) is 4.61. The molecule has 1 N–H and O–H groups in total. The van der Waals surface area contributed by atoms with Crippen molar-refractivity contribution in [3.05, 3.63) is 112 Å². The first-order valence-corrected chi connectivity index (χ1v) is 14.6. The number of hydrazone groups is 1. The molecule has 0 heterocycles. The van der Waals surface area contributed by atoms with Crippen LogP contribution in [-0.4, -0.2) is 41.9 Å². The zero-order valence-corrected chi connectivity index (χ0v) is 25.1. The molecule has 1 amide bonds. The van der Waals surface area contributed by atoms with Gasteiger partial charge in [0, 0.05) is 10.6 Å². The number of sulfonamides is 1. The molecule has 0 unspecified atom stereocenters. The van der Waals surface area contributed by atoms with Gasteiger partial charge in [0.1, 0.15) is 0 Å². The Balaban J connectivity index is 1.69. The number of nitrogens with one attached hydrogen (secondary N) is 1. The van der Waals surface area contributed by atoms with Gasteiger partial charge in [0.15, 0.2) is 11.5 Å². The van der Waals surface area contributed by atoms with Crippen LogP contribution in [0.5, 0.6) is 17.2 Å². The molecule has 0 saturated heterocycles. The summed E-state index contributed by atoms with van der Waals surface area (Å²) in [4.78, 5) is 13.5. The van der Waals surface area contributed by atoms with Gasteiger partial charge in [-0.15, -0.1) is 0 Å². The lowest BCUT2D eigenvalue weighted by molar-refractivity contribution is 0.0955. The van der Waals surface area contributed by atoms with E-state index in [1.54, 1.807) is 84.9 Å². The van der Waals surface area contributed by atoms with Crippen LogP contribution < -0.4 is 23.9 Å². The highest BCUT2D eigenvalue weighted by atomic mass is 35.5. The first kappa shape index (κ1) is 30.4. The number of benzene rings is 4. The molecule has 4 aromatic rings. The molecule has 0 saturated carbocycles. The number of para-hydroxylation sites is 1. The van der Waals surface area contributed by atoms with E-state index in [1.165, 1.54) is 31.8 Å². The van der Waals surface area contributed by atoms with Gasteiger partial charge in [-0.05, 0) is 61.0 Å². The molecule has 42 heavy (non-hydrogen) atoms. The topological polar surface area (TPSA) is 107 Å². The zero-order valence-electron chi connectivity index (χ0n) is 23.5. The van der Waals surface area contributed by atoms with Crippen LogP contribution >= 0.6 is 11.6 Å². The van der Waals surface area contributed by atoms with Gasteiger partial charge in [0.2, 0.25) is 5.75 Å². The summed E-state index contributed by atoms with van der Waals surface area (Å²) < 4.78 is 45.2.